The summed E-state index contributed by atoms with van der Waals surface area (Å²) in [5.41, 5.74) is 0. The van der Waals surface area contributed by atoms with Crippen molar-refractivity contribution in [2.45, 2.75) is 31.1 Å². The van der Waals surface area contributed by atoms with Crippen molar-refractivity contribution in [3.05, 3.63) is 22.4 Å². The summed E-state index contributed by atoms with van der Waals surface area (Å²) in [5, 5.41) is 2.17. The third kappa shape index (κ3) is 3.30. The van der Waals surface area contributed by atoms with Crippen molar-refractivity contribution < 1.29 is 0 Å². The molecule has 1 fully saturated rings. The monoisotopic (exact) mass is 287 g/mol. The van der Waals surface area contributed by atoms with Gasteiger partial charge in [-0.1, -0.05) is 28.9 Å². The molecule has 2 rings (SSSR count). The Labute approximate surface area is 105 Å². The Kier molecular flexibility index (Phi) is 4.23. The average molecular weight is 288 g/mol. The SMILES string of the molecule is CC(Br)C1CCN(Cc2cccs2)CC1. The normalized spacial score (nSPS) is 21.7. The fourth-order valence-corrected chi connectivity index (χ4v) is 3.47. The number of hydrogen-bond donors (Lipinski definition) is 0. The van der Waals surface area contributed by atoms with E-state index in [0.717, 1.165) is 12.5 Å². The van der Waals surface area contributed by atoms with Crippen LogP contribution >= 0.6 is 27.3 Å². The van der Waals surface area contributed by atoms with E-state index in [-0.39, 0.29) is 0 Å². The second-order valence-electron chi connectivity index (χ2n) is 4.37. The number of halogens is 1. The highest BCUT2D eigenvalue weighted by Crippen LogP contribution is 2.26. The summed E-state index contributed by atoms with van der Waals surface area (Å²) in [4.78, 5) is 4.76. The number of thiophene rings is 1. The van der Waals surface area contributed by atoms with E-state index in [1.54, 1.807) is 0 Å². The van der Waals surface area contributed by atoms with E-state index in [1.807, 2.05) is 11.3 Å². The van der Waals surface area contributed by atoms with Crippen LogP contribution in [0.2, 0.25) is 0 Å². The van der Waals surface area contributed by atoms with E-state index in [1.165, 1.54) is 30.8 Å². The van der Waals surface area contributed by atoms with E-state index in [2.05, 4.69) is 45.3 Å². The van der Waals surface area contributed by atoms with Gasteiger partial charge in [-0.2, -0.15) is 0 Å². The first kappa shape index (κ1) is 11.6. The Morgan fingerprint density at radius 3 is 2.80 bits per heavy atom. The Hall–Kier alpha value is 0.140. The summed E-state index contributed by atoms with van der Waals surface area (Å²) in [6.45, 7) is 5.96. The van der Waals surface area contributed by atoms with Gasteiger partial charge in [0.05, 0.1) is 0 Å². The molecule has 1 atom stereocenters. The van der Waals surface area contributed by atoms with Crippen LogP contribution in [0.4, 0.5) is 0 Å². The van der Waals surface area contributed by atoms with Crippen molar-refractivity contribution >= 4 is 27.3 Å². The molecule has 0 bridgehead atoms. The van der Waals surface area contributed by atoms with Gasteiger partial charge in [0.25, 0.3) is 0 Å². The van der Waals surface area contributed by atoms with Gasteiger partial charge in [-0.25, -0.2) is 0 Å². The molecule has 0 spiro atoms. The Bertz CT molecular complexity index is 276. The Morgan fingerprint density at radius 2 is 2.27 bits per heavy atom. The minimum absolute atomic E-state index is 0.682. The highest BCUT2D eigenvalue weighted by atomic mass is 79.9. The highest BCUT2D eigenvalue weighted by molar-refractivity contribution is 9.09. The van der Waals surface area contributed by atoms with Crippen molar-refractivity contribution in [1.29, 1.82) is 0 Å². The number of alkyl halides is 1. The zero-order chi connectivity index (χ0) is 10.7. The van der Waals surface area contributed by atoms with Crippen LogP contribution in [0.3, 0.4) is 0 Å². The van der Waals surface area contributed by atoms with Crippen LogP contribution in [-0.4, -0.2) is 22.8 Å². The smallest absolute Gasteiger partial charge is 0.0327 e. The maximum absolute atomic E-state index is 3.70. The van der Waals surface area contributed by atoms with Gasteiger partial charge < -0.3 is 0 Å². The van der Waals surface area contributed by atoms with Gasteiger partial charge in [0, 0.05) is 16.2 Å². The molecule has 0 N–H and O–H groups in total. The maximum atomic E-state index is 3.70. The molecule has 1 saturated heterocycles. The zero-order valence-corrected chi connectivity index (χ0v) is 11.6. The molecule has 0 aromatic carbocycles. The third-order valence-electron chi connectivity index (χ3n) is 3.24. The van der Waals surface area contributed by atoms with Crippen molar-refractivity contribution in [3.8, 4) is 0 Å². The number of rotatable bonds is 3. The van der Waals surface area contributed by atoms with E-state index >= 15 is 0 Å². The lowest BCUT2D eigenvalue weighted by Crippen LogP contribution is -2.35. The minimum Gasteiger partial charge on any atom is -0.298 e. The van der Waals surface area contributed by atoms with Crippen LogP contribution in [0, 0.1) is 5.92 Å². The summed E-state index contributed by atoms with van der Waals surface area (Å²) < 4.78 is 0. The number of likely N-dealkylation sites (tertiary alicyclic amines) is 1. The summed E-state index contributed by atoms with van der Waals surface area (Å²) in [6, 6.07) is 4.39. The molecule has 1 aromatic heterocycles. The van der Waals surface area contributed by atoms with Gasteiger partial charge >= 0.3 is 0 Å². The van der Waals surface area contributed by atoms with Crippen LogP contribution in [0.5, 0.6) is 0 Å². The molecule has 0 aliphatic carbocycles. The summed E-state index contributed by atoms with van der Waals surface area (Å²) in [5.74, 6) is 0.879. The Balaban J connectivity index is 1.79. The summed E-state index contributed by atoms with van der Waals surface area (Å²) in [6.07, 6.45) is 2.69. The van der Waals surface area contributed by atoms with Gasteiger partial charge in [-0.15, -0.1) is 11.3 Å². The molecule has 3 heteroatoms. The predicted molar refractivity (Wildman–Crippen MR) is 70.7 cm³/mol. The minimum atomic E-state index is 0.682. The van der Waals surface area contributed by atoms with Crippen LogP contribution in [0.25, 0.3) is 0 Å². The van der Waals surface area contributed by atoms with Crippen LogP contribution < -0.4 is 0 Å². The molecule has 0 radical (unpaired) electrons. The predicted octanol–water partition coefficient (Wildman–Crippen LogP) is 3.74. The summed E-state index contributed by atoms with van der Waals surface area (Å²) in [7, 11) is 0. The number of piperidine rings is 1. The summed E-state index contributed by atoms with van der Waals surface area (Å²) >= 11 is 5.57. The molecule has 1 nitrogen and oxygen atoms in total. The first-order valence-corrected chi connectivity index (χ1v) is 7.44. The topological polar surface area (TPSA) is 3.24 Å². The average Bonchev–Trinajstić information content (AvgIpc) is 2.71. The van der Waals surface area contributed by atoms with Gasteiger partial charge in [0.15, 0.2) is 0 Å². The second-order valence-corrected chi connectivity index (χ2v) is 6.85. The molecule has 1 unspecified atom stereocenters. The van der Waals surface area contributed by atoms with Crippen molar-refractivity contribution in [2.24, 2.45) is 5.92 Å². The lowest BCUT2D eigenvalue weighted by atomic mass is 9.94. The first-order chi connectivity index (χ1) is 7.25. The van der Waals surface area contributed by atoms with Crippen LogP contribution in [-0.2, 0) is 6.54 Å². The Morgan fingerprint density at radius 1 is 1.53 bits per heavy atom. The number of nitrogens with zero attached hydrogens (tertiary/aromatic N) is 1. The zero-order valence-electron chi connectivity index (χ0n) is 9.16. The molecule has 1 aliphatic heterocycles. The molecule has 84 valence electrons. The molecule has 1 aromatic rings. The van der Waals surface area contributed by atoms with E-state index in [4.69, 9.17) is 0 Å². The van der Waals surface area contributed by atoms with Crippen molar-refractivity contribution in [3.63, 3.8) is 0 Å². The standard InChI is InChI=1S/C12H18BrNS/c1-10(13)11-4-6-14(7-5-11)9-12-3-2-8-15-12/h2-3,8,10-11H,4-7,9H2,1H3. The molecule has 15 heavy (non-hydrogen) atoms. The van der Waals surface area contributed by atoms with E-state index in [9.17, 15) is 0 Å². The van der Waals surface area contributed by atoms with Crippen molar-refractivity contribution in [1.82, 2.24) is 4.90 Å². The molecule has 2 heterocycles. The molecule has 0 saturated carbocycles. The highest BCUT2D eigenvalue weighted by Gasteiger charge is 2.22. The van der Waals surface area contributed by atoms with Gasteiger partial charge in [-0.3, -0.25) is 4.90 Å². The van der Waals surface area contributed by atoms with Gasteiger partial charge in [0.2, 0.25) is 0 Å². The lowest BCUT2D eigenvalue weighted by molar-refractivity contribution is 0.179. The van der Waals surface area contributed by atoms with E-state index < -0.39 is 0 Å². The van der Waals surface area contributed by atoms with Crippen LogP contribution in [0.1, 0.15) is 24.6 Å². The van der Waals surface area contributed by atoms with Gasteiger partial charge in [-0.05, 0) is 43.3 Å². The largest absolute Gasteiger partial charge is 0.298 e. The quantitative estimate of drug-likeness (QED) is 0.766. The molecule has 0 amide bonds. The van der Waals surface area contributed by atoms with Crippen molar-refractivity contribution in [2.75, 3.05) is 13.1 Å². The van der Waals surface area contributed by atoms with Crippen LogP contribution in [0.15, 0.2) is 17.5 Å². The molecular weight excluding hydrogens is 270 g/mol. The maximum Gasteiger partial charge on any atom is 0.0327 e. The number of hydrogen-bond acceptors (Lipinski definition) is 2. The lowest BCUT2D eigenvalue weighted by Gasteiger charge is -2.32. The first-order valence-electron chi connectivity index (χ1n) is 5.64. The van der Waals surface area contributed by atoms with E-state index in [0.29, 0.717) is 4.83 Å². The molecule has 1 aliphatic rings. The fourth-order valence-electron chi connectivity index (χ4n) is 2.19. The van der Waals surface area contributed by atoms with Gasteiger partial charge in [0.1, 0.15) is 0 Å². The second kappa shape index (κ2) is 5.46. The molecular formula is C12H18BrNS. The third-order valence-corrected chi connectivity index (χ3v) is 4.85. The fraction of sp³-hybridized carbons (Fsp3) is 0.667.